The van der Waals surface area contributed by atoms with Crippen LogP contribution in [0.5, 0.6) is 17.4 Å². The standard InChI is InChI=1S/C22H19BrN4O5S/c1-11(28)27-16-8-6-5-7-13(16)19-20(24-22(33-4)26-25-19)32-21(27)14-9-17(30-3)18(10-15(14)23)31-12(2)29/h5-10,21H,1-4H3/t21-/m1/s1. The molecule has 1 amide bonds. The molecule has 1 aliphatic heterocycles. The Labute approximate surface area is 202 Å². The molecule has 0 aliphatic carbocycles. The minimum Gasteiger partial charge on any atom is -0.493 e. The molecule has 2 heterocycles. The van der Waals surface area contributed by atoms with Gasteiger partial charge in [-0.15, -0.1) is 10.2 Å². The molecule has 1 aromatic heterocycles. The molecule has 170 valence electrons. The highest BCUT2D eigenvalue weighted by Gasteiger charge is 2.36. The molecule has 0 radical (unpaired) electrons. The van der Waals surface area contributed by atoms with Crippen molar-refractivity contribution in [2.24, 2.45) is 0 Å². The van der Waals surface area contributed by atoms with Crippen LogP contribution in [-0.4, -0.2) is 40.4 Å². The van der Waals surface area contributed by atoms with Gasteiger partial charge in [0.05, 0.1) is 12.8 Å². The van der Waals surface area contributed by atoms with Crippen LogP contribution in [0.4, 0.5) is 5.69 Å². The summed E-state index contributed by atoms with van der Waals surface area (Å²) in [6, 6.07) is 10.6. The molecule has 11 heteroatoms. The fraction of sp³-hybridized carbons (Fsp3) is 0.227. The Bertz CT molecular complexity index is 1260. The number of halogens is 1. The number of rotatable bonds is 4. The highest BCUT2D eigenvalue weighted by Crippen LogP contribution is 2.46. The monoisotopic (exact) mass is 530 g/mol. The molecule has 0 N–H and O–H groups in total. The van der Waals surface area contributed by atoms with E-state index in [0.717, 1.165) is 0 Å². The number of fused-ring (bicyclic) bond motifs is 3. The molecule has 1 aliphatic rings. The number of thioether (sulfide) groups is 1. The van der Waals surface area contributed by atoms with E-state index in [9.17, 15) is 9.59 Å². The van der Waals surface area contributed by atoms with Crippen molar-refractivity contribution >= 4 is 45.3 Å². The van der Waals surface area contributed by atoms with E-state index in [2.05, 4.69) is 31.1 Å². The number of aromatic nitrogens is 3. The molecule has 0 saturated heterocycles. The van der Waals surface area contributed by atoms with Gasteiger partial charge in [-0.25, -0.2) is 0 Å². The molecule has 1 atom stereocenters. The minimum atomic E-state index is -0.925. The number of amides is 1. The maximum Gasteiger partial charge on any atom is 0.308 e. The molecule has 2 aromatic carbocycles. The maximum absolute atomic E-state index is 12.9. The van der Waals surface area contributed by atoms with Gasteiger partial charge >= 0.3 is 5.97 Å². The molecule has 0 fully saturated rings. The summed E-state index contributed by atoms with van der Waals surface area (Å²) in [6.07, 6.45) is 0.911. The zero-order valence-electron chi connectivity index (χ0n) is 18.2. The summed E-state index contributed by atoms with van der Waals surface area (Å²) in [4.78, 5) is 30.4. The second-order valence-electron chi connectivity index (χ2n) is 6.95. The van der Waals surface area contributed by atoms with Gasteiger partial charge in [-0.05, 0) is 24.5 Å². The van der Waals surface area contributed by atoms with Crippen molar-refractivity contribution in [1.82, 2.24) is 15.2 Å². The number of benzene rings is 2. The van der Waals surface area contributed by atoms with Crippen LogP contribution in [0.1, 0.15) is 25.6 Å². The molecular formula is C22H19BrN4O5S. The summed E-state index contributed by atoms with van der Waals surface area (Å²) in [5, 5.41) is 8.90. The highest BCUT2D eigenvalue weighted by molar-refractivity contribution is 9.10. The van der Waals surface area contributed by atoms with Gasteiger partial charge in [0.15, 0.2) is 17.2 Å². The Balaban J connectivity index is 1.96. The number of hydrogen-bond donors (Lipinski definition) is 0. The van der Waals surface area contributed by atoms with Gasteiger partial charge in [0.2, 0.25) is 23.2 Å². The Kier molecular flexibility index (Phi) is 6.52. The smallest absolute Gasteiger partial charge is 0.308 e. The lowest BCUT2D eigenvalue weighted by Gasteiger charge is -2.30. The fourth-order valence-corrected chi connectivity index (χ4v) is 4.29. The van der Waals surface area contributed by atoms with E-state index in [1.807, 2.05) is 30.5 Å². The summed E-state index contributed by atoms with van der Waals surface area (Å²) in [6.45, 7) is 2.75. The third-order valence-corrected chi connectivity index (χ3v) is 6.06. The zero-order chi connectivity index (χ0) is 23.7. The lowest BCUT2D eigenvalue weighted by atomic mass is 10.1. The average molecular weight is 531 g/mol. The molecule has 33 heavy (non-hydrogen) atoms. The number of carbonyl (C=O) groups is 2. The van der Waals surface area contributed by atoms with Gasteiger partial charge in [0.25, 0.3) is 0 Å². The van der Waals surface area contributed by atoms with E-state index < -0.39 is 12.2 Å². The number of hydrogen-bond acceptors (Lipinski definition) is 9. The third kappa shape index (κ3) is 4.38. The molecule has 0 bridgehead atoms. The zero-order valence-corrected chi connectivity index (χ0v) is 20.6. The Morgan fingerprint density at radius 1 is 1.15 bits per heavy atom. The number of esters is 1. The first kappa shape index (κ1) is 23.0. The summed E-state index contributed by atoms with van der Waals surface area (Å²) in [5.41, 5.74) is 2.25. The van der Waals surface area contributed by atoms with E-state index in [1.54, 1.807) is 12.1 Å². The van der Waals surface area contributed by atoms with Gasteiger partial charge in [-0.3, -0.25) is 14.5 Å². The van der Waals surface area contributed by atoms with Crippen LogP contribution in [0.25, 0.3) is 11.3 Å². The van der Waals surface area contributed by atoms with E-state index in [-0.39, 0.29) is 17.5 Å². The van der Waals surface area contributed by atoms with Gasteiger partial charge in [0.1, 0.15) is 0 Å². The van der Waals surface area contributed by atoms with Gasteiger partial charge in [-0.1, -0.05) is 45.9 Å². The van der Waals surface area contributed by atoms with Crippen LogP contribution < -0.4 is 19.1 Å². The minimum absolute atomic E-state index is 0.234. The number of carbonyl (C=O) groups excluding carboxylic acids is 2. The molecule has 4 rings (SSSR count). The first-order valence-electron chi connectivity index (χ1n) is 9.74. The van der Waals surface area contributed by atoms with E-state index in [1.165, 1.54) is 37.6 Å². The Morgan fingerprint density at radius 2 is 1.91 bits per heavy atom. The lowest BCUT2D eigenvalue weighted by molar-refractivity contribution is -0.132. The predicted octanol–water partition coefficient (Wildman–Crippen LogP) is 4.40. The number of ether oxygens (including phenoxy) is 3. The SMILES string of the molecule is COc1cc([C@H]2Oc3nc(SC)nnc3-c3ccccc3N2C(C)=O)c(Br)cc1OC(C)=O. The van der Waals surface area contributed by atoms with Crippen LogP contribution in [0, 0.1) is 0 Å². The highest BCUT2D eigenvalue weighted by atomic mass is 79.9. The van der Waals surface area contributed by atoms with Crippen molar-refractivity contribution in [3.63, 3.8) is 0 Å². The van der Waals surface area contributed by atoms with Gasteiger partial charge in [-0.2, -0.15) is 4.98 Å². The van der Waals surface area contributed by atoms with E-state index in [0.29, 0.717) is 37.9 Å². The third-order valence-electron chi connectivity index (χ3n) is 4.84. The molecular weight excluding hydrogens is 512 g/mol. The quantitative estimate of drug-likeness (QED) is 0.275. The topological polar surface area (TPSA) is 104 Å². The second-order valence-corrected chi connectivity index (χ2v) is 8.57. The lowest BCUT2D eigenvalue weighted by Crippen LogP contribution is -2.36. The Morgan fingerprint density at radius 3 is 2.58 bits per heavy atom. The van der Waals surface area contributed by atoms with E-state index >= 15 is 0 Å². The van der Waals surface area contributed by atoms with Crippen LogP contribution in [0.2, 0.25) is 0 Å². The van der Waals surface area contributed by atoms with E-state index in [4.69, 9.17) is 14.2 Å². The summed E-state index contributed by atoms with van der Waals surface area (Å²) >= 11 is 4.86. The number of nitrogens with zero attached hydrogens (tertiary/aromatic N) is 4. The number of para-hydroxylation sites is 1. The molecule has 3 aromatic rings. The van der Waals surface area contributed by atoms with Crippen LogP contribution in [-0.2, 0) is 9.59 Å². The number of anilines is 1. The molecule has 0 saturated carbocycles. The van der Waals surface area contributed by atoms with Gasteiger partial charge < -0.3 is 14.2 Å². The molecule has 9 nitrogen and oxygen atoms in total. The van der Waals surface area contributed by atoms with Crippen LogP contribution in [0.15, 0.2) is 46.0 Å². The predicted molar refractivity (Wildman–Crippen MR) is 126 cm³/mol. The van der Waals surface area contributed by atoms with Crippen molar-refractivity contribution in [3.8, 4) is 28.6 Å². The largest absolute Gasteiger partial charge is 0.493 e. The second kappa shape index (κ2) is 9.36. The van der Waals surface area contributed by atoms with Crippen molar-refractivity contribution < 1.29 is 23.8 Å². The number of methoxy groups -OCH3 is 1. The Hall–Kier alpha value is -3.18. The molecule has 0 spiro atoms. The van der Waals surface area contributed by atoms with Crippen molar-refractivity contribution in [2.75, 3.05) is 18.3 Å². The first-order chi connectivity index (χ1) is 15.8. The summed E-state index contributed by atoms with van der Waals surface area (Å²) in [7, 11) is 1.46. The van der Waals surface area contributed by atoms with Crippen molar-refractivity contribution in [2.45, 2.75) is 25.2 Å². The van der Waals surface area contributed by atoms with Crippen LogP contribution in [0.3, 0.4) is 0 Å². The maximum atomic E-state index is 12.9. The average Bonchev–Trinajstić information content (AvgIpc) is 2.93. The van der Waals surface area contributed by atoms with Crippen LogP contribution >= 0.6 is 27.7 Å². The molecule has 0 unspecified atom stereocenters. The first-order valence-corrected chi connectivity index (χ1v) is 11.8. The van der Waals surface area contributed by atoms with Gasteiger partial charge in [0, 0.05) is 29.4 Å². The van der Waals surface area contributed by atoms with Crippen molar-refractivity contribution in [3.05, 3.63) is 46.4 Å². The van der Waals surface area contributed by atoms with Crippen molar-refractivity contribution in [1.29, 1.82) is 0 Å². The summed E-state index contributed by atoms with van der Waals surface area (Å²) < 4.78 is 17.6. The summed E-state index contributed by atoms with van der Waals surface area (Å²) in [5.74, 6) is 0.0370. The fourth-order valence-electron chi connectivity index (χ4n) is 3.48. The normalized spacial score (nSPS) is 14.5.